The molecule has 3 heterocycles. The van der Waals surface area contributed by atoms with Crippen molar-refractivity contribution in [1.29, 1.82) is 0 Å². The Morgan fingerprint density at radius 3 is 2.62 bits per heavy atom. The first-order valence-corrected chi connectivity index (χ1v) is 8.51. The number of rotatable bonds is 3. The number of thiophene rings is 1. The number of hydrogen-bond acceptors (Lipinski definition) is 7. The van der Waals surface area contributed by atoms with Crippen molar-refractivity contribution in [3.8, 4) is 10.7 Å². The van der Waals surface area contributed by atoms with Gasteiger partial charge in [-0.05, 0) is 35.2 Å². The van der Waals surface area contributed by atoms with Gasteiger partial charge in [-0.2, -0.15) is 9.50 Å². The Balaban J connectivity index is 1.77. The Morgan fingerprint density at radius 1 is 1.21 bits per heavy atom. The van der Waals surface area contributed by atoms with E-state index in [9.17, 15) is 14.9 Å². The maximum absolute atomic E-state index is 12.4. The van der Waals surface area contributed by atoms with E-state index < -0.39 is 4.92 Å². The van der Waals surface area contributed by atoms with Crippen LogP contribution in [0.1, 0.15) is 5.56 Å². The maximum atomic E-state index is 12.4. The minimum atomic E-state index is -0.460. The van der Waals surface area contributed by atoms with Crippen molar-refractivity contribution in [1.82, 2.24) is 14.6 Å². The third-order valence-corrected chi connectivity index (χ3v) is 5.15. The number of nitrogens with zero attached hydrogens (tertiary/aromatic N) is 4. The van der Waals surface area contributed by atoms with Gasteiger partial charge in [0.1, 0.15) is 0 Å². The molecule has 4 aromatic rings. The van der Waals surface area contributed by atoms with Gasteiger partial charge < -0.3 is 0 Å². The van der Waals surface area contributed by atoms with E-state index in [2.05, 4.69) is 10.1 Å². The second kappa shape index (κ2) is 5.62. The summed E-state index contributed by atoms with van der Waals surface area (Å²) in [6.45, 7) is 0. The molecule has 0 N–H and O–H groups in total. The van der Waals surface area contributed by atoms with Crippen LogP contribution < -0.4 is 10.1 Å². The summed E-state index contributed by atoms with van der Waals surface area (Å²) in [5, 5.41) is 16.9. The molecule has 24 heavy (non-hydrogen) atoms. The van der Waals surface area contributed by atoms with E-state index in [1.54, 1.807) is 18.2 Å². The molecule has 0 spiro atoms. The lowest BCUT2D eigenvalue weighted by Crippen LogP contribution is -2.23. The molecule has 0 saturated carbocycles. The van der Waals surface area contributed by atoms with Crippen molar-refractivity contribution in [2.45, 2.75) is 0 Å². The van der Waals surface area contributed by atoms with Crippen LogP contribution in [-0.2, 0) is 0 Å². The minimum absolute atomic E-state index is 0.0118. The van der Waals surface area contributed by atoms with Crippen molar-refractivity contribution < 1.29 is 4.92 Å². The number of nitro groups is 1. The molecule has 0 aliphatic carbocycles. The van der Waals surface area contributed by atoms with E-state index in [4.69, 9.17) is 0 Å². The van der Waals surface area contributed by atoms with Crippen LogP contribution >= 0.6 is 22.7 Å². The smallest absolute Gasteiger partial charge is 0.266 e. The fourth-order valence-corrected chi connectivity index (χ4v) is 3.75. The number of nitro benzene ring substituents is 1. The van der Waals surface area contributed by atoms with Gasteiger partial charge in [-0.25, -0.2) is 0 Å². The summed E-state index contributed by atoms with van der Waals surface area (Å²) in [6.07, 6.45) is 1.68. The molecule has 0 unspecified atom stereocenters. The monoisotopic (exact) mass is 356 g/mol. The summed E-state index contributed by atoms with van der Waals surface area (Å²) >= 11 is 2.75. The zero-order valence-electron chi connectivity index (χ0n) is 11.9. The van der Waals surface area contributed by atoms with E-state index in [1.807, 2.05) is 17.5 Å². The topological polar surface area (TPSA) is 90.4 Å². The summed E-state index contributed by atoms with van der Waals surface area (Å²) in [5.74, 6) is 0.537. The molecule has 9 heteroatoms. The predicted molar refractivity (Wildman–Crippen MR) is 92.3 cm³/mol. The summed E-state index contributed by atoms with van der Waals surface area (Å²) in [5.41, 5.74) is 0.474. The van der Waals surface area contributed by atoms with Crippen LogP contribution in [0.25, 0.3) is 21.7 Å². The van der Waals surface area contributed by atoms with Crippen LogP contribution in [0.5, 0.6) is 0 Å². The Labute approximate surface area is 142 Å². The second-order valence-corrected chi connectivity index (χ2v) is 6.83. The van der Waals surface area contributed by atoms with Crippen molar-refractivity contribution in [3.05, 3.63) is 72.3 Å². The average Bonchev–Trinajstić information content (AvgIpc) is 3.27. The molecule has 0 atom stereocenters. The highest BCUT2D eigenvalue weighted by Crippen LogP contribution is 2.21. The number of thiazole rings is 1. The van der Waals surface area contributed by atoms with E-state index in [-0.39, 0.29) is 11.2 Å². The highest BCUT2D eigenvalue weighted by atomic mass is 32.1. The minimum Gasteiger partial charge on any atom is -0.266 e. The lowest BCUT2D eigenvalue weighted by Gasteiger charge is -1.92. The summed E-state index contributed by atoms with van der Waals surface area (Å²) in [7, 11) is 0. The second-order valence-electron chi connectivity index (χ2n) is 4.87. The third kappa shape index (κ3) is 2.49. The van der Waals surface area contributed by atoms with Gasteiger partial charge >= 0.3 is 0 Å². The van der Waals surface area contributed by atoms with E-state index in [0.717, 1.165) is 4.88 Å². The fourth-order valence-electron chi connectivity index (χ4n) is 2.19. The molecule has 118 valence electrons. The first-order chi connectivity index (χ1) is 11.6. The maximum Gasteiger partial charge on any atom is 0.291 e. The predicted octanol–water partition coefficient (Wildman–Crippen LogP) is 2.34. The Bertz CT molecular complexity index is 1140. The lowest BCUT2D eigenvalue weighted by molar-refractivity contribution is -0.384. The molecule has 4 rings (SSSR count). The van der Waals surface area contributed by atoms with Crippen molar-refractivity contribution >= 4 is 39.4 Å². The van der Waals surface area contributed by atoms with Gasteiger partial charge in [-0.3, -0.25) is 14.9 Å². The number of fused-ring (bicyclic) bond motifs is 1. The third-order valence-electron chi connectivity index (χ3n) is 3.33. The van der Waals surface area contributed by atoms with Crippen LogP contribution in [-0.4, -0.2) is 19.5 Å². The largest absolute Gasteiger partial charge is 0.291 e. The molecule has 0 saturated heterocycles. The average molecular weight is 356 g/mol. The Hall–Kier alpha value is -2.91. The van der Waals surface area contributed by atoms with Crippen LogP contribution in [0, 0.1) is 10.1 Å². The van der Waals surface area contributed by atoms with Gasteiger partial charge in [0, 0.05) is 12.1 Å². The van der Waals surface area contributed by atoms with Crippen LogP contribution in [0.15, 0.2) is 46.6 Å². The van der Waals surface area contributed by atoms with Gasteiger partial charge in [0.2, 0.25) is 4.96 Å². The molecule has 0 aliphatic rings. The van der Waals surface area contributed by atoms with E-state index >= 15 is 0 Å². The van der Waals surface area contributed by atoms with Crippen LogP contribution in [0.2, 0.25) is 0 Å². The number of benzene rings is 1. The molecule has 0 fully saturated rings. The molecule has 0 radical (unpaired) electrons. The highest BCUT2D eigenvalue weighted by Gasteiger charge is 2.12. The van der Waals surface area contributed by atoms with E-state index in [1.165, 1.54) is 39.3 Å². The molecular weight excluding hydrogens is 348 g/mol. The Morgan fingerprint density at radius 2 is 2.00 bits per heavy atom. The standard InChI is InChI=1S/C15H8N4O3S2/c20-14-12(8-9-3-5-10(6-4-9)19(21)22)24-15-16-13(17-18(14)15)11-2-1-7-23-11/h1-8H. The van der Waals surface area contributed by atoms with Gasteiger partial charge in [-0.1, -0.05) is 17.4 Å². The van der Waals surface area contributed by atoms with Crippen molar-refractivity contribution in [3.63, 3.8) is 0 Å². The molecule has 0 amide bonds. The van der Waals surface area contributed by atoms with Gasteiger partial charge in [0.15, 0.2) is 5.82 Å². The summed E-state index contributed by atoms with van der Waals surface area (Å²) in [4.78, 5) is 28.5. The molecule has 7 nitrogen and oxygen atoms in total. The van der Waals surface area contributed by atoms with Gasteiger partial charge in [0.25, 0.3) is 11.2 Å². The quantitative estimate of drug-likeness (QED) is 0.415. The first kappa shape index (κ1) is 14.7. The molecule has 3 aromatic heterocycles. The molecule has 0 bridgehead atoms. The fraction of sp³-hybridized carbons (Fsp3) is 0. The Kier molecular flexibility index (Phi) is 3.44. The van der Waals surface area contributed by atoms with E-state index in [0.29, 0.717) is 20.9 Å². The highest BCUT2D eigenvalue weighted by molar-refractivity contribution is 7.15. The zero-order valence-corrected chi connectivity index (χ0v) is 13.6. The number of aromatic nitrogens is 3. The lowest BCUT2D eigenvalue weighted by atomic mass is 10.2. The summed E-state index contributed by atoms with van der Waals surface area (Å²) < 4.78 is 1.77. The molecule has 0 aliphatic heterocycles. The molecule has 1 aromatic carbocycles. The van der Waals surface area contributed by atoms with Crippen LogP contribution in [0.3, 0.4) is 0 Å². The van der Waals surface area contributed by atoms with Gasteiger partial charge in [-0.15, -0.1) is 16.4 Å². The summed E-state index contributed by atoms with van der Waals surface area (Å²) in [6, 6.07) is 9.82. The molecular formula is C15H8N4O3S2. The van der Waals surface area contributed by atoms with Gasteiger partial charge in [0.05, 0.1) is 14.3 Å². The zero-order chi connectivity index (χ0) is 16.7. The normalized spacial score (nSPS) is 12.1. The SMILES string of the molecule is O=c1c(=Cc2ccc([N+](=O)[O-])cc2)sc2nc(-c3cccs3)nn12. The van der Waals surface area contributed by atoms with Crippen LogP contribution in [0.4, 0.5) is 5.69 Å². The first-order valence-electron chi connectivity index (χ1n) is 6.81. The number of hydrogen-bond donors (Lipinski definition) is 0. The number of non-ortho nitro benzene ring substituents is 1. The van der Waals surface area contributed by atoms with Crippen molar-refractivity contribution in [2.24, 2.45) is 0 Å². The van der Waals surface area contributed by atoms with Crippen molar-refractivity contribution in [2.75, 3.05) is 0 Å².